The van der Waals surface area contributed by atoms with Gasteiger partial charge in [-0.3, -0.25) is 4.98 Å². The van der Waals surface area contributed by atoms with Crippen LogP contribution in [-0.2, 0) is 6.54 Å². The molecule has 8 heteroatoms. The summed E-state index contributed by atoms with van der Waals surface area (Å²) in [5.74, 6) is -2.21. The first kappa shape index (κ1) is 21.5. The van der Waals surface area contributed by atoms with Crippen LogP contribution in [0.3, 0.4) is 0 Å². The first-order valence-electron chi connectivity index (χ1n) is 10.3. The molecule has 0 radical (unpaired) electrons. The smallest absolute Gasteiger partial charge is 0.163 e. The highest BCUT2D eigenvalue weighted by Gasteiger charge is 2.14. The molecule has 0 aliphatic heterocycles. The maximum Gasteiger partial charge on any atom is 0.163 e. The van der Waals surface area contributed by atoms with Crippen LogP contribution in [-0.4, -0.2) is 15.0 Å². The number of pyridine rings is 1. The topological polar surface area (TPSA) is 50.7 Å². The fourth-order valence-corrected chi connectivity index (χ4v) is 3.61. The molecule has 0 bridgehead atoms. The minimum Gasteiger partial charge on any atom is -0.365 e. The van der Waals surface area contributed by atoms with Gasteiger partial charge in [-0.25, -0.2) is 27.5 Å². The summed E-state index contributed by atoms with van der Waals surface area (Å²) in [6, 6.07) is 15.4. The van der Waals surface area contributed by atoms with Crippen LogP contribution in [0.5, 0.6) is 0 Å². The molecule has 1 N–H and O–H groups in total. The Bertz CT molecular complexity index is 1510. The Labute approximate surface area is 192 Å². The second-order valence-electron chi connectivity index (χ2n) is 7.60. The Kier molecular flexibility index (Phi) is 5.63. The van der Waals surface area contributed by atoms with Gasteiger partial charge in [0.2, 0.25) is 0 Å². The lowest BCUT2D eigenvalue weighted by molar-refractivity contribution is 0.507. The van der Waals surface area contributed by atoms with Crippen molar-refractivity contribution in [2.24, 2.45) is 0 Å². The van der Waals surface area contributed by atoms with Gasteiger partial charge in [0.15, 0.2) is 17.5 Å². The lowest BCUT2D eigenvalue weighted by Gasteiger charge is -2.13. The highest BCUT2D eigenvalue weighted by Crippen LogP contribution is 2.31. The lowest BCUT2D eigenvalue weighted by atomic mass is 10.0. The SMILES string of the molecule is Fc1ccc(F)c(-c2ccc3nc(-c4cccnc4)nc(NCc4ccc(F)c(F)c4)c3c2)c1. The first-order valence-corrected chi connectivity index (χ1v) is 10.3. The average Bonchev–Trinajstić information content (AvgIpc) is 2.86. The van der Waals surface area contributed by atoms with Gasteiger partial charge in [-0.15, -0.1) is 0 Å². The van der Waals surface area contributed by atoms with Gasteiger partial charge in [0, 0.05) is 35.5 Å². The summed E-state index contributed by atoms with van der Waals surface area (Å²) in [5.41, 5.74) is 2.28. The summed E-state index contributed by atoms with van der Waals surface area (Å²) in [7, 11) is 0. The van der Waals surface area contributed by atoms with Gasteiger partial charge in [0.05, 0.1) is 5.52 Å². The molecule has 2 aromatic heterocycles. The number of fused-ring (bicyclic) bond motifs is 1. The molecule has 0 saturated carbocycles. The van der Waals surface area contributed by atoms with Crippen molar-refractivity contribution in [2.45, 2.75) is 6.54 Å². The lowest BCUT2D eigenvalue weighted by Crippen LogP contribution is -2.05. The van der Waals surface area contributed by atoms with Crippen LogP contribution >= 0.6 is 0 Å². The molecule has 3 aromatic carbocycles. The molecular weight excluding hydrogens is 444 g/mol. The molecule has 0 atom stereocenters. The van der Waals surface area contributed by atoms with Crippen molar-refractivity contribution in [1.29, 1.82) is 0 Å². The number of nitrogens with one attached hydrogen (secondary N) is 1. The van der Waals surface area contributed by atoms with Crippen LogP contribution in [0.15, 0.2) is 79.1 Å². The van der Waals surface area contributed by atoms with Crippen molar-refractivity contribution in [3.8, 4) is 22.5 Å². The van der Waals surface area contributed by atoms with E-state index in [0.29, 0.717) is 39.2 Å². The molecule has 2 heterocycles. The van der Waals surface area contributed by atoms with Crippen LogP contribution in [0.1, 0.15) is 5.56 Å². The number of aromatic nitrogens is 3. The van der Waals surface area contributed by atoms with Crippen molar-refractivity contribution >= 4 is 16.7 Å². The molecular formula is C26H16F4N4. The van der Waals surface area contributed by atoms with E-state index in [1.165, 1.54) is 6.07 Å². The van der Waals surface area contributed by atoms with E-state index < -0.39 is 23.3 Å². The van der Waals surface area contributed by atoms with Gasteiger partial charge in [-0.1, -0.05) is 12.1 Å². The summed E-state index contributed by atoms with van der Waals surface area (Å²) in [6.45, 7) is 0.147. The summed E-state index contributed by atoms with van der Waals surface area (Å²) in [5, 5.41) is 3.69. The standard InChI is InChI=1S/C26H16F4N4/c27-18-5-7-21(28)19(12-18)16-4-8-24-20(11-16)26(32-13-15-3-6-22(29)23(30)10-15)34-25(33-24)17-2-1-9-31-14-17/h1-12,14H,13H2,(H,32,33,34). The van der Waals surface area contributed by atoms with Gasteiger partial charge in [0.25, 0.3) is 0 Å². The van der Waals surface area contributed by atoms with Crippen LogP contribution in [0.2, 0.25) is 0 Å². The van der Waals surface area contributed by atoms with E-state index in [-0.39, 0.29) is 12.1 Å². The fourth-order valence-electron chi connectivity index (χ4n) is 3.61. The van der Waals surface area contributed by atoms with Crippen molar-refractivity contribution in [1.82, 2.24) is 15.0 Å². The maximum atomic E-state index is 14.4. The van der Waals surface area contributed by atoms with E-state index in [9.17, 15) is 17.6 Å². The van der Waals surface area contributed by atoms with E-state index >= 15 is 0 Å². The first-order chi connectivity index (χ1) is 16.5. The normalized spacial score (nSPS) is 11.1. The molecule has 5 aromatic rings. The number of hydrogen-bond acceptors (Lipinski definition) is 4. The second kappa shape index (κ2) is 8.90. The van der Waals surface area contributed by atoms with Crippen molar-refractivity contribution in [2.75, 3.05) is 5.32 Å². The van der Waals surface area contributed by atoms with Crippen LogP contribution < -0.4 is 5.32 Å². The molecule has 168 valence electrons. The van der Waals surface area contributed by atoms with E-state index in [0.717, 1.165) is 30.3 Å². The summed E-state index contributed by atoms with van der Waals surface area (Å²) >= 11 is 0. The number of nitrogens with zero attached hydrogens (tertiary/aromatic N) is 3. The second-order valence-corrected chi connectivity index (χ2v) is 7.60. The highest BCUT2D eigenvalue weighted by molar-refractivity contribution is 5.94. The molecule has 0 aliphatic carbocycles. The monoisotopic (exact) mass is 460 g/mol. The maximum absolute atomic E-state index is 14.4. The molecule has 0 fully saturated rings. The van der Waals surface area contributed by atoms with E-state index in [1.54, 1.807) is 36.7 Å². The largest absolute Gasteiger partial charge is 0.365 e. The molecule has 0 saturated heterocycles. The minimum atomic E-state index is -0.952. The Morgan fingerprint density at radius 1 is 0.735 bits per heavy atom. The molecule has 0 aliphatic rings. The molecule has 0 amide bonds. The third kappa shape index (κ3) is 4.30. The van der Waals surface area contributed by atoms with Gasteiger partial charge in [-0.2, -0.15) is 0 Å². The summed E-state index contributed by atoms with van der Waals surface area (Å²) in [4.78, 5) is 13.3. The van der Waals surface area contributed by atoms with Gasteiger partial charge in [-0.05, 0) is 65.7 Å². The van der Waals surface area contributed by atoms with E-state index in [4.69, 9.17) is 0 Å². The Morgan fingerprint density at radius 3 is 2.38 bits per heavy atom. The third-order valence-electron chi connectivity index (χ3n) is 5.30. The summed E-state index contributed by atoms with van der Waals surface area (Å²) < 4.78 is 55.1. The van der Waals surface area contributed by atoms with E-state index in [2.05, 4.69) is 20.3 Å². The number of hydrogen-bond donors (Lipinski definition) is 1. The molecule has 34 heavy (non-hydrogen) atoms. The Morgan fingerprint density at radius 2 is 1.59 bits per heavy atom. The highest BCUT2D eigenvalue weighted by atomic mass is 19.2. The zero-order valence-corrected chi connectivity index (χ0v) is 17.6. The number of anilines is 1. The fraction of sp³-hybridized carbons (Fsp3) is 0.0385. The van der Waals surface area contributed by atoms with Gasteiger partial charge >= 0.3 is 0 Å². The average molecular weight is 460 g/mol. The quantitative estimate of drug-likeness (QED) is 0.303. The molecule has 0 spiro atoms. The van der Waals surface area contributed by atoms with Gasteiger partial charge < -0.3 is 5.32 Å². The third-order valence-corrected chi connectivity index (χ3v) is 5.30. The number of rotatable bonds is 5. The summed E-state index contributed by atoms with van der Waals surface area (Å²) in [6.07, 6.45) is 3.25. The number of benzene rings is 3. The minimum absolute atomic E-state index is 0.102. The Balaban J connectivity index is 1.62. The predicted octanol–water partition coefficient (Wildman–Crippen LogP) is 6.53. The van der Waals surface area contributed by atoms with Crippen LogP contribution in [0.4, 0.5) is 23.4 Å². The van der Waals surface area contributed by atoms with Crippen molar-refractivity contribution in [3.63, 3.8) is 0 Å². The Hall–Kier alpha value is -4.33. The predicted molar refractivity (Wildman–Crippen MR) is 122 cm³/mol. The van der Waals surface area contributed by atoms with Crippen molar-refractivity contribution in [3.05, 3.63) is 108 Å². The van der Waals surface area contributed by atoms with E-state index in [1.807, 2.05) is 6.07 Å². The zero-order chi connectivity index (χ0) is 23.7. The molecule has 5 rings (SSSR count). The molecule has 0 unspecified atom stereocenters. The molecule has 4 nitrogen and oxygen atoms in total. The number of halogens is 4. The van der Waals surface area contributed by atoms with Gasteiger partial charge in [0.1, 0.15) is 17.5 Å². The zero-order valence-electron chi connectivity index (χ0n) is 17.6. The van der Waals surface area contributed by atoms with Crippen LogP contribution in [0.25, 0.3) is 33.4 Å². The van der Waals surface area contributed by atoms with Crippen LogP contribution in [0, 0.1) is 23.3 Å². The van der Waals surface area contributed by atoms with Crippen molar-refractivity contribution < 1.29 is 17.6 Å².